The first-order chi connectivity index (χ1) is 27.8. The van der Waals surface area contributed by atoms with Gasteiger partial charge in [0.25, 0.3) is 0 Å². The van der Waals surface area contributed by atoms with E-state index in [2.05, 4.69) is 209 Å². The van der Waals surface area contributed by atoms with E-state index in [0.29, 0.717) is 23.9 Å². The van der Waals surface area contributed by atoms with Crippen molar-refractivity contribution in [3.05, 3.63) is 178 Å². The maximum Gasteiger partial charge on any atom is 0.0448 e. The second-order valence-corrected chi connectivity index (χ2v) is 17.1. The SMILES string of the molecule is CCC1(CC)c2cc(/C=C/c3ccc(N4c5ccccc5C(C)CC4C)cc3)ccc2-c2ccc(/C=C/c3ccc(N4c5ccccc5C(C)CC4C)cc3)cc21. The molecule has 0 aromatic heterocycles. The number of nitrogens with zero attached hydrogens (tertiary/aromatic N) is 2. The van der Waals surface area contributed by atoms with Gasteiger partial charge in [0.15, 0.2) is 0 Å². The Morgan fingerprint density at radius 3 is 1.25 bits per heavy atom. The average Bonchev–Trinajstić information content (AvgIpc) is 3.51. The van der Waals surface area contributed by atoms with Crippen LogP contribution in [0, 0.1) is 0 Å². The first kappa shape index (κ1) is 37.0. The van der Waals surface area contributed by atoms with Crippen LogP contribution in [-0.2, 0) is 5.41 Å². The zero-order valence-electron chi connectivity index (χ0n) is 34.5. The zero-order valence-corrected chi connectivity index (χ0v) is 34.5. The summed E-state index contributed by atoms with van der Waals surface area (Å²) in [6, 6.07) is 51.2. The maximum absolute atomic E-state index is 2.52. The van der Waals surface area contributed by atoms with Crippen LogP contribution in [0.3, 0.4) is 0 Å². The Labute approximate surface area is 341 Å². The quantitative estimate of drug-likeness (QED) is 0.143. The molecule has 1 aliphatic carbocycles. The molecule has 0 saturated carbocycles. The summed E-state index contributed by atoms with van der Waals surface area (Å²) in [4.78, 5) is 5.04. The van der Waals surface area contributed by atoms with Gasteiger partial charge in [-0.05, 0) is 143 Å². The Kier molecular flexibility index (Phi) is 9.77. The van der Waals surface area contributed by atoms with Gasteiger partial charge in [0.2, 0.25) is 0 Å². The highest BCUT2D eigenvalue weighted by Crippen LogP contribution is 2.53. The van der Waals surface area contributed by atoms with E-state index in [9.17, 15) is 0 Å². The molecule has 6 aromatic rings. The Morgan fingerprint density at radius 2 is 0.842 bits per heavy atom. The number of hydrogen-bond acceptors (Lipinski definition) is 2. The van der Waals surface area contributed by atoms with Crippen molar-refractivity contribution in [1.82, 2.24) is 0 Å². The largest absolute Gasteiger partial charge is 0.338 e. The molecule has 0 fully saturated rings. The Morgan fingerprint density at radius 1 is 0.474 bits per heavy atom. The van der Waals surface area contributed by atoms with Crippen molar-refractivity contribution < 1.29 is 0 Å². The summed E-state index contributed by atoms with van der Waals surface area (Å²) >= 11 is 0. The molecule has 6 aromatic carbocycles. The van der Waals surface area contributed by atoms with Crippen molar-refractivity contribution in [1.29, 1.82) is 0 Å². The molecule has 0 amide bonds. The lowest BCUT2D eigenvalue weighted by atomic mass is 9.73. The predicted octanol–water partition coefficient (Wildman–Crippen LogP) is 15.2. The molecule has 286 valence electrons. The molecule has 9 rings (SSSR count). The minimum absolute atomic E-state index is 0.000483. The van der Waals surface area contributed by atoms with Crippen molar-refractivity contribution in [3.63, 3.8) is 0 Å². The van der Waals surface area contributed by atoms with E-state index >= 15 is 0 Å². The lowest BCUT2D eigenvalue weighted by molar-refractivity contribution is 0.490. The third-order valence-electron chi connectivity index (χ3n) is 13.6. The first-order valence-electron chi connectivity index (χ1n) is 21.4. The van der Waals surface area contributed by atoms with E-state index in [1.807, 2.05) is 0 Å². The lowest BCUT2D eigenvalue weighted by Crippen LogP contribution is -2.34. The Hall–Kier alpha value is -5.60. The monoisotopic (exact) mass is 744 g/mol. The van der Waals surface area contributed by atoms with E-state index in [4.69, 9.17) is 0 Å². The third-order valence-corrected chi connectivity index (χ3v) is 13.6. The first-order valence-corrected chi connectivity index (χ1v) is 21.4. The summed E-state index contributed by atoms with van der Waals surface area (Å²) in [6.07, 6.45) is 13.6. The number of fused-ring (bicyclic) bond motifs is 5. The van der Waals surface area contributed by atoms with Crippen molar-refractivity contribution in [2.75, 3.05) is 9.80 Å². The van der Waals surface area contributed by atoms with Gasteiger partial charge in [0.05, 0.1) is 0 Å². The molecule has 0 N–H and O–H groups in total. The van der Waals surface area contributed by atoms with Gasteiger partial charge in [0, 0.05) is 40.2 Å². The van der Waals surface area contributed by atoms with Crippen molar-refractivity contribution in [2.45, 2.75) is 96.6 Å². The van der Waals surface area contributed by atoms with Crippen LogP contribution >= 0.6 is 0 Å². The summed E-state index contributed by atoms with van der Waals surface area (Å²) in [6.45, 7) is 14.1. The van der Waals surface area contributed by atoms with Crippen LogP contribution < -0.4 is 9.80 Å². The Bertz CT molecular complexity index is 2290. The standard InChI is InChI=1S/C55H56N2/c1-7-55(8-2)51-35-43(19-17-41-21-27-45(28-22-41)56-39(5)33-37(3)47-13-9-11-15-53(47)56)25-31-49(51)50-32-26-44(36-52(50)55)20-18-42-23-29-46(30-24-42)57-40(6)34-38(4)48-14-10-12-16-54(48)57/h9-32,35-40H,7-8,33-34H2,1-6H3/b19-17+,20-18+. The number of anilines is 4. The van der Waals surface area contributed by atoms with E-state index in [0.717, 1.165) is 12.8 Å². The molecule has 0 radical (unpaired) electrons. The number of para-hydroxylation sites is 2. The number of hydrogen-bond donors (Lipinski definition) is 0. The van der Waals surface area contributed by atoms with Gasteiger partial charge >= 0.3 is 0 Å². The predicted molar refractivity (Wildman–Crippen MR) is 246 cm³/mol. The highest BCUT2D eigenvalue weighted by atomic mass is 15.2. The molecule has 0 saturated heterocycles. The molecular formula is C55H56N2. The average molecular weight is 745 g/mol. The van der Waals surface area contributed by atoms with Crippen molar-refractivity contribution in [2.24, 2.45) is 0 Å². The Balaban J connectivity index is 0.932. The zero-order chi connectivity index (χ0) is 39.3. The van der Waals surface area contributed by atoms with E-state index in [-0.39, 0.29) is 5.41 Å². The second-order valence-electron chi connectivity index (χ2n) is 17.1. The van der Waals surface area contributed by atoms with Gasteiger partial charge in [-0.2, -0.15) is 0 Å². The molecule has 2 heteroatoms. The van der Waals surface area contributed by atoms with Gasteiger partial charge < -0.3 is 9.80 Å². The van der Waals surface area contributed by atoms with Crippen molar-refractivity contribution in [3.8, 4) is 11.1 Å². The summed E-state index contributed by atoms with van der Waals surface area (Å²) in [5.41, 5.74) is 18.8. The summed E-state index contributed by atoms with van der Waals surface area (Å²) < 4.78 is 0. The van der Waals surface area contributed by atoms with Gasteiger partial charge in [-0.25, -0.2) is 0 Å². The highest BCUT2D eigenvalue weighted by Gasteiger charge is 2.40. The molecule has 2 nitrogen and oxygen atoms in total. The fraction of sp³-hybridized carbons (Fsp3) is 0.273. The second kappa shape index (κ2) is 15.1. The fourth-order valence-electron chi connectivity index (χ4n) is 10.6. The molecule has 0 spiro atoms. The van der Waals surface area contributed by atoms with E-state index < -0.39 is 0 Å². The summed E-state index contributed by atoms with van der Waals surface area (Å²) in [5, 5.41) is 0. The van der Waals surface area contributed by atoms with Gasteiger partial charge in [-0.1, -0.05) is 149 Å². The molecule has 4 atom stereocenters. The van der Waals surface area contributed by atoms with Crippen LogP contribution in [0.15, 0.2) is 133 Å². The number of rotatable bonds is 8. The molecule has 2 aliphatic heterocycles. The van der Waals surface area contributed by atoms with Gasteiger partial charge in [-0.3, -0.25) is 0 Å². The van der Waals surface area contributed by atoms with Crippen LogP contribution in [0.5, 0.6) is 0 Å². The van der Waals surface area contributed by atoms with Crippen LogP contribution in [0.2, 0.25) is 0 Å². The van der Waals surface area contributed by atoms with Gasteiger partial charge in [-0.15, -0.1) is 0 Å². The molecular weight excluding hydrogens is 689 g/mol. The fourth-order valence-corrected chi connectivity index (χ4v) is 10.6. The molecule has 57 heavy (non-hydrogen) atoms. The minimum atomic E-state index is -0.000483. The topological polar surface area (TPSA) is 6.48 Å². The summed E-state index contributed by atoms with van der Waals surface area (Å²) in [5.74, 6) is 1.17. The van der Waals surface area contributed by atoms with Crippen LogP contribution in [0.4, 0.5) is 22.7 Å². The number of benzene rings is 6. The van der Waals surface area contributed by atoms with Crippen molar-refractivity contribution >= 4 is 47.1 Å². The molecule has 4 unspecified atom stereocenters. The van der Waals surface area contributed by atoms with Crippen LogP contribution in [-0.4, -0.2) is 12.1 Å². The van der Waals surface area contributed by atoms with Crippen LogP contribution in [0.1, 0.15) is 124 Å². The maximum atomic E-state index is 2.52. The molecule has 3 aliphatic rings. The third kappa shape index (κ3) is 6.54. The van der Waals surface area contributed by atoms with E-state index in [1.165, 1.54) is 91.2 Å². The van der Waals surface area contributed by atoms with Gasteiger partial charge in [0.1, 0.15) is 0 Å². The van der Waals surface area contributed by atoms with E-state index in [1.54, 1.807) is 0 Å². The lowest BCUT2D eigenvalue weighted by Gasteiger charge is -2.40. The molecule has 2 heterocycles. The smallest absolute Gasteiger partial charge is 0.0448 e. The van der Waals surface area contributed by atoms with Crippen LogP contribution in [0.25, 0.3) is 35.4 Å². The minimum Gasteiger partial charge on any atom is -0.338 e. The normalized spacial score (nSPS) is 20.7. The summed E-state index contributed by atoms with van der Waals surface area (Å²) in [7, 11) is 0. The highest BCUT2D eigenvalue weighted by molar-refractivity contribution is 5.85. The molecule has 0 bridgehead atoms.